The van der Waals surface area contributed by atoms with Gasteiger partial charge in [-0.2, -0.15) is 0 Å². The van der Waals surface area contributed by atoms with Gasteiger partial charge >= 0.3 is 145 Å². The molecule has 0 aliphatic carbocycles. The fourth-order valence-electron chi connectivity index (χ4n) is 2.47. The van der Waals surface area contributed by atoms with Crippen LogP contribution in [0.25, 0.3) is 0 Å². The number of amides is 3. The standard InChI is InChI=1S/C14H19IN5O3/c21-12-3-7-18(14(23)17-12)10-11-2-1-6-20(13(11)22)15-19-8-4-16-5-9-19/h1-2,6,16H,3-5,7-10H2,(H,17,21,23)/q-1. The Morgan fingerprint density at radius 1 is 1.13 bits per heavy atom. The van der Waals surface area contributed by atoms with Gasteiger partial charge in [-0.3, -0.25) is 0 Å². The van der Waals surface area contributed by atoms with E-state index < -0.39 is 27.8 Å². The summed E-state index contributed by atoms with van der Waals surface area (Å²) in [6.45, 7) is 4.42. The second-order valence-electron chi connectivity index (χ2n) is 5.41. The normalized spacial score (nSPS) is 19.9. The van der Waals surface area contributed by atoms with E-state index in [0.29, 0.717) is 12.1 Å². The summed E-state index contributed by atoms with van der Waals surface area (Å²) < 4.78 is 4.11. The van der Waals surface area contributed by atoms with Crippen molar-refractivity contribution in [3.05, 3.63) is 34.2 Å². The molecule has 0 saturated carbocycles. The third-order valence-corrected chi connectivity index (χ3v) is 6.54. The molecule has 0 unspecified atom stereocenters. The van der Waals surface area contributed by atoms with E-state index in [1.54, 1.807) is 8.85 Å². The van der Waals surface area contributed by atoms with Crippen LogP contribution in [-0.4, -0.2) is 55.5 Å². The van der Waals surface area contributed by atoms with Gasteiger partial charge in [0.2, 0.25) is 0 Å². The Kier molecular flexibility index (Phi) is 5.28. The molecule has 3 rings (SSSR count). The number of rotatable bonds is 4. The van der Waals surface area contributed by atoms with Gasteiger partial charge in [-0.05, 0) is 0 Å². The zero-order valence-electron chi connectivity index (χ0n) is 12.6. The van der Waals surface area contributed by atoms with Gasteiger partial charge in [-0.1, -0.05) is 0 Å². The van der Waals surface area contributed by atoms with E-state index >= 15 is 0 Å². The first kappa shape index (κ1) is 16.4. The zero-order valence-corrected chi connectivity index (χ0v) is 14.8. The van der Waals surface area contributed by atoms with E-state index in [0.717, 1.165) is 26.2 Å². The van der Waals surface area contributed by atoms with E-state index in [4.69, 9.17) is 0 Å². The summed E-state index contributed by atoms with van der Waals surface area (Å²) in [7, 11) is 0. The van der Waals surface area contributed by atoms with Gasteiger partial charge in [-0.25, -0.2) is 0 Å². The van der Waals surface area contributed by atoms with E-state index in [-0.39, 0.29) is 24.4 Å². The minimum absolute atomic E-state index is 0.0384. The summed E-state index contributed by atoms with van der Waals surface area (Å²) in [4.78, 5) is 37.1. The number of nitrogens with zero attached hydrogens (tertiary/aromatic N) is 3. The third-order valence-electron chi connectivity index (χ3n) is 3.74. The summed E-state index contributed by atoms with van der Waals surface area (Å²) in [5, 5.41) is 5.58. The van der Waals surface area contributed by atoms with Crippen molar-refractivity contribution in [1.82, 2.24) is 21.4 Å². The first-order valence-electron chi connectivity index (χ1n) is 7.54. The predicted octanol–water partition coefficient (Wildman–Crippen LogP) is -4.04. The maximum atomic E-state index is 12.6. The van der Waals surface area contributed by atoms with Gasteiger partial charge in [-0.15, -0.1) is 0 Å². The Bertz CT molecular complexity index is 656. The number of urea groups is 1. The van der Waals surface area contributed by atoms with Gasteiger partial charge in [0.1, 0.15) is 0 Å². The number of piperazine rings is 1. The van der Waals surface area contributed by atoms with Gasteiger partial charge in [0, 0.05) is 0 Å². The van der Waals surface area contributed by atoms with Crippen molar-refractivity contribution in [1.29, 1.82) is 0 Å². The van der Waals surface area contributed by atoms with Gasteiger partial charge in [0.05, 0.1) is 0 Å². The van der Waals surface area contributed by atoms with Crippen LogP contribution in [0.2, 0.25) is 0 Å². The van der Waals surface area contributed by atoms with E-state index in [9.17, 15) is 14.4 Å². The molecule has 126 valence electrons. The van der Waals surface area contributed by atoms with Crippen LogP contribution in [0.1, 0.15) is 12.0 Å². The average molecular weight is 432 g/mol. The molecule has 1 aromatic heterocycles. The van der Waals surface area contributed by atoms with Gasteiger partial charge < -0.3 is 0 Å². The Labute approximate surface area is 144 Å². The number of carbonyl (C=O) groups excluding carboxylic acids is 2. The molecule has 0 radical (unpaired) electrons. The number of halogens is 1. The molecule has 0 aromatic carbocycles. The molecule has 0 bridgehead atoms. The van der Waals surface area contributed by atoms with Crippen molar-refractivity contribution in [3.8, 4) is 0 Å². The summed E-state index contributed by atoms with van der Waals surface area (Å²) >= 11 is -0.552. The molecule has 2 fully saturated rings. The number of nitrogens with one attached hydrogen (secondary N) is 2. The Morgan fingerprint density at radius 3 is 2.65 bits per heavy atom. The topological polar surface area (TPSA) is 86.7 Å². The Hall–Kier alpha value is -1.46. The van der Waals surface area contributed by atoms with Gasteiger partial charge in [0.15, 0.2) is 0 Å². The van der Waals surface area contributed by atoms with Crippen LogP contribution in [0.3, 0.4) is 0 Å². The molecule has 2 aliphatic heterocycles. The molecule has 0 spiro atoms. The second-order valence-corrected chi connectivity index (χ2v) is 8.25. The molecule has 2 N–H and O–H groups in total. The van der Waals surface area contributed by atoms with Crippen LogP contribution in [0, 0.1) is 0 Å². The first-order valence-corrected chi connectivity index (χ1v) is 9.47. The van der Waals surface area contributed by atoms with Crippen LogP contribution < -0.4 is 37.9 Å². The Morgan fingerprint density at radius 2 is 1.91 bits per heavy atom. The molecule has 8 nitrogen and oxygen atoms in total. The summed E-state index contributed by atoms with van der Waals surface area (Å²) in [5.41, 5.74) is 0.551. The molecule has 3 heterocycles. The van der Waals surface area contributed by atoms with Crippen LogP contribution in [-0.2, 0) is 11.3 Å². The maximum absolute atomic E-state index is 12.6. The second kappa shape index (κ2) is 7.41. The average Bonchev–Trinajstić information content (AvgIpc) is 2.54. The van der Waals surface area contributed by atoms with Gasteiger partial charge in [0.25, 0.3) is 0 Å². The third kappa shape index (κ3) is 4.09. The number of pyridine rings is 1. The number of hydrogen-bond acceptors (Lipinski definition) is 5. The van der Waals surface area contributed by atoms with Crippen molar-refractivity contribution in [3.63, 3.8) is 0 Å². The van der Waals surface area contributed by atoms with E-state index in [2.05, 4.69) is 13.7 Å². The van der Waals surface area contributed by atoms with E-state index in [1.807, 2.05) is 12.3 Å². The fraction of sp³-hybridized carbons (Fsp3) is 0.500. The first-order chi connectivity index (χ1) is 11.1. The SMILES string of the molecule is O=C1CCN(Cc2cccn([I-]N3CCNCC3)c2=O)C(=O)N1. The Balaban J connectivity index is 1.70. The van der Waals surface area contributed by atoms with Crippen molar-refractivity contribution >= 4 is 11.9 Å². The van der Waals surface area contributed by atoms with Crippen molar-refractivity contribution in [2.24, 2.45) is 0 Å². The number of hydrogen-bond donors (Lipinski definition) is 2. The molecular weight excluding hydrogens is 413 g/mol. The molecule has 2 aliphatic rings. The quantitative estimate of drug-likeness (QED) is 0.374. The zero-order chi connectivity index (χ0) is 16.2. The monoisotopic (exact) mass is 432 g/mol. The number of aromatic nitrogens is 1. The number of imide groups is 1. The summed E-state index contributed by atoms with van der Waals surface area (Å²) in [5.74, 6) is -0.263. The van der Waals surface area contributed by atoms with Crippen LogP contribution in [0.4, 0.5) is 4.79 Å². The van der Waals surface area contributed by atoms with Crippen LogP contribution in [0.15, 0.2) is 23.1 Å². The van der Waals surface area contributed by atoms with Crippen LogP contribution >= 0.6 is 0 Å². The van der Waals surface area contributed by atoms with E-state index in [1.165, 1.54) is 4.90 Å². The molecule has 0 atom stereocenters. The molecule has 9 heteroatoms. The van der Waals surface area contributed by atoms with Crippen molar-refractivity contribution in [2.45, 2.75) is 13.0 Å². The van der Waals surface area contributed by atoms with Crippen LogP contribution in [0.5, 0.6) is 0 Å². The minimum atomic E-state index is -0.552. The molecular formula is C14H19IN5O3-. The molecule has 1 aromatic rings. The fourth-order valence-corrected chi connectivity index (χ4v) is 4.88. The summed E-state index contributed by atoms with van der Waals surface area (Å²) in [6, 6.07) is 3.18. The molecule has 3 amide bonds. The molecule has 2 saturated heterocycles. The van der Waals surface area contributed by atoms with Crippen molar-refractivity contribution in [2.75, 3.05) is 32.7 Å². The number of carbonyl (C=O) groups is 2. The van der Waals surface area contributed by atoms with Crippen molar-refractivity contribution < 1.29 is 31.3 Å². The summed E-state index contributed by atoms with van der Waals surface area (Å²) in [6.07, 6.45) is 2.10. The molecule has 23 heavy (non-hydrogen) atoms. The predicted molar refractivity (Wildman–Crippen MR) is 79.1 cm³/mol.